The van der Waals surface area contributed by atoms with Gasteiger partial charge in [0.05, 0.1) is 25.0 Å². The third-order valence-electron chi connectivity index (χ3n) is 4.22. The Labute approximate surface area is 163 Å². The Morgan fingerprint density at radius 2 is 1.79 bits per heavy atom. The Hall–Kier alpha value is -3.80. The molecule has 0 fully saturated rings. The van der Waals surface area contributed by atoms with Crippen LogP contribution in [-0.2, 0) is 6.54 Å². The predicted molar refractivity (Wildman–Crippen MR) is 114 cm³/mol. The Bertz CT molecular complexity index is 998. The lowest BCUT2D eigenvalue weighted by molar-refractivity contribution is 0.102. The van der Waals surface area contributed by atoms with Gasteiger partial charge in [-0.3, -0.25) is 9.79 Å². The number of nitrogens with two attached hydrogens (primary N) is 2. The van der Waals surface area contributed by atoms with E-state index in [-0.39, 0.29) is 5.91 Å². The van der Waals surface area contributed by atoms with E-state index in [2.05, 4.69) is 10.3 Å². The topological polar surface area (TPSA) is 103 Å². The number of hydrogen-bond donors (Lipinski definition) is 3. The van der Waals surface area contributed by atoms with Gasteiger partial charge in [-0.15, -0.1) is 0 Å². The van der Waals surface area contributed by atoms with Crippen molar-refractivity contribution < 1.29 is 9.53 Å². The number of carbonyl (C=O) groups excluding carboxylic acids is 1. The van der Waals surface area contributed by atoms with Crippen molar-refractivity contribution in [3.05, 3.63) is 83.4 Å². The highest BCUT2D eigenvalue weighted by Gasteiger charge is 2.07. The van der Waals surface area contributed by atoms with E-state index in [1.807, 2.05) is 30.3 Å². The molecule has 0 saturated heterocycles. The zero-order chi connectivity index (χ0) is 19.9. The second kappa shape index (κ2) is 8.73. The number of nitrogen functional groups attached to an aromatic ring is 2. The maximum atomic E-state index is 12.4. The number of ether oxygens (including phenoxy) is 1. The standard InChI is InChI=1S/C22H22N4O2/c1-28-18-10-11-19(23)17(12-18)14-25-13-15-6-8-16(9-7-15)22(27)26-21-5-3-2-4-20(21)24/h2-12,14H,13,23-24H2,1H3,(H,26,27). The minimum absolute atomic E-state index is 0.211. The first-order valence-corrected chi connectivity index (χ1v) is 8.75. The summed E-state index contributed by atoms with van der Waals surface area (Å²) in [5, 5.41) is 2.81. The predicted octanol–water partition coefficient (Wildman–Crippen LogP) is 3.73. The molecule has 0 aliphatic heterocycles. The number of methoxy groups -OCH3 is 1. The van der Waals surface area contributed by atoms with Crippen LogP contribution in [0.4, 0.5) is 17.1 Å². The van der Waals surface area contributed by atoms with Gasteiger partial charge >= 0.3 is 0 Å². The van der Waals surface area contributed by atoms with E-state index in [4.69, 9.17) is 16.2 Å². The van der Waals surface area contributed by atoms with E-state index < -0.39 is 0 Å². The minimum Gasteiger partial charge on any atom is -0.497 e. The fourth-order valence-corrected chi connectivity index (χ4v) is 2.61. The van der Waals surface area contributed by atoms with Crippen molar-refractivity contribution in [3.8, 4) is 5.75 Å². The third kappa shape index (κ3) is 4.67. The molecule has 0 radical (unpaired) electrons. The highest BCUT2D eigenvalue weighted by Crippen LogP contribution is 2.19. The quantitative estimate of drug-likeness (QED) is 0.452. The molecule has 6 nitrogen and oxygen atoms in total. The van der Waals surface area contributed by atoms with E-state index in [0.717, 1.165) is 16.9 Å². The maximum Gasteiger partial charge on any atom is 0.255 e. The van der Waals surface area contributed by atoms with E-state index >= 15 is 0 Å². The zero-order valence-electron chi connectivity index (χ0n) is 15.6. The van der Waals surface area contributed by atoms with Crippen molar-refractivity contribution in [2.45, 2.75) is 6.54 Å². The summed E-state index contributed by atoms with van der Waals surface area (Å²) >= 11 is 0. The summed E-state index contributed by atoms with van der Waals surface area (Å²) in [6, 6.07) is 19.8. The zero-order valence-corrected chi connectivity index (χ0v) is 15.6. The first-order chi connectivity index (χ1) is 13.6. The molecule has 5 N–H and O–H groups in total. The molecule has 0 unspecified atom stereocenters. The number of nitrogens with zero attached hydrogens (tertiary/aromatic N) is 1. The average Bonchev–Trinajstić information content (AvgIpc) is 2.71. The van der Waals surface area contributed by atoms with Crippen molar-refractivity contribution in [2.24, 2.45) is 4.99 Å². The number of anilines is 3. The maximum absolute atomic E-state index is 12.4. The highest BCUT2D eigenvalue weighted by molar-refractivity contribution is 6.05. The lowest BCUT2D eigenvalue weighted by atomic mass is 10.1. The lowest BCUT2D eigenvalue weighted by Gasteiger charge is -2.08. The molecule has 1 amide bonds. The second-order valence-electron chi connectivity index (χ2n) is 6.20. The van der Waals surface area contributed by atoms with Crippen LogP contribution < -0.4 is 21.5 Å². The van der Waals surface area contributed by atoms with Gasteiger partial charge in [-0.05, 0) is 48.0 Å². The highest BCUT2D eigenvalue weighted by atomic mass is 16.5. The molecule has 0 spiro atoms. The van der Waals surface area contributed by atoms with Gasteiger partial charge in [0.2, 0.25) is 0 Å². The monoisotopic (exact) mass is 374 g/mol. The van der Waals surface area contributed by atoms with Gasteiger partial charge in [0.25, 0.3) is 5.91 Å². The van der Waals surface area contributed by atoms with Crippen LogP contribution in [0.2, 0.25) is 0 Å². The normalized spacial score (nSPS) is 10.8. The number of nitrogens with one attached hydrogen (secondary N) is 1. The van der Waals surface area contributed by atoms with E-state index in [9.17, 15) is 4.79 Å². The van der Waals surface area contributed by atoms with Crippen molar-refractivity contribution in [1.29, 1.82) is 0 Å². The van der Waals surface area contributed by atoms with Crippen LogP contribution in [0.1, 0.15) is 21.5 Å². The van der Waals surface area contributed by atoms with Crippen molar-refractivity contribution in [1.82, 2.24) is 0 Å². The second-order valence-corrected chi connectivity index (χ2v) is 6.20. The summed E-state index contributed by atoms with van der Waals surface area (Å²) in [4.78, 5) is 16.8. The van der Waals surface area contributed by atoms with Gasteiger partial charge in [-0.25, -0.2) is 0 Å². The molecule has 0 aromatic heterocycles. The number of aliphatic imine (C=N–C) groups is 1. The molecular formula is C22H22N4O2. The summed E-state index contributed by atoms with van der Waals surface area (Å²) < 4.78 is 5.20. The van der Waals surface area contributed by atoms with Crippen LogP contribution in [-0.4, -0.2) is 19.2 Å². The lowest BCUT2D eigenvalue weighted by Crippen LogP contribution is -2.13. The van der Waals surface area contributed by atoms with Crippen molar-refractivity contribution in [2.75, 3.05) is 23.9 Å². The van der Waals surface area contributed by atoms with Gasteiger partial charge in [0, 0.05) is 23.0 Å². The molecule has 6 heteroatoms. The first kappa shape index (κ1) is 19.0. The van der Waals surface area contributed by atoms with Crippen LogP contribution in [0.3, 0.4) is 0 Å². The minimum atomic E-state index is -0.211. The fourth-order valence-electron chi connectivity index (χ4n) is 2.61. The smallest absolute Gasteiger partial charge is 0.255 e. The SMILES string of the molecule is COc1ccc(N)c(C=NCc2ccc(C(=O)Nc3ccccc3N)cc2)c1. The van der Waals surface area contributed by atoms with Gasteiger partial charge in [0.15, 0.2) is 0 Å². The first-order valence-electron chi connectivity index (χ1n) is 8.75. The Balaban J connectivity index is 1.63. The van der Waals surface area contributed by atoms with Gasteiger partial charge in [-0.1, -0.05) is 24.3 Å². The van der Waals surface area contributed by atoms with Crippen LogP contribution in [0.25, 0.3) is 0 Å². The van der Waals surface area contributed by atoms with E-state index in [1.165, 1.54) is 0 Å². The van der Waals surface area contributed by atoms with Crippen LogP contribution in [0.15, 0.2) is 71.7 Å². The molecule has 0 bridgehead atoms. The molecule has 0 heterocycles. The molecule has 0 aliphatic carbocycles. The summed E-state index contributed by atoms with van der Waals surface area (Å²) in [5.74, 6) is 0.516. The number of rotatable bonds is 6. The molecule has 142 valence electrons. The summed E-state index contributed by atoms with van der Waals surface area (Å²) in [6.07, 6.45) is 1.72. The molecule has 0 atom stereocenters. The Morgan fingerprint density at radius 1 is 1.04 bits per heavy atom. The van der Waals surface area contributed by atoms with Crippen molar-refractivity contribution in [3.63, 3.8) is 0 Å². The van der Waals surface area contributed by atoms with Gasteiger partial charge in [0.1, 0.15) is 5.75 Å². The summed E-state index contributed by atoms with van der Waals surface area (Å²) in [5.41, 5.74) is 15.9. The Morgan fingerprint density at radius 3 is 2.50 bits per heavy atom. The van der Waals surface area contributed by atoms with Gasteiger partial charge in [-0.2, -0.15) is 0 Å². The van der Waals surface area contributed by atoms with Crippen LogP contribution >= 0.6 is 0 Å². The number of para-hydroxylation sites is 2. The number of hydrogen-bond acceptors (Lipinski definition) is 5. The average molecular weight is 374 g/mol. The number of benzene rings is 3. The van der Waals surface area contributed by atoms with Crippen molar-refractivity contribution >= 4 is 29.2 Å². The van der Waals surface area contributed by atoms with Crippen LogP contribution in [0, 0.1) is 0 Å². The summed E-state index contributed by atoms with van der Waals surface area (Å²) in [7, 11) is 1.61. The largest absolute Gasteiger partial charge is 0.497 e. The fraction of sp³-hybridized carbons (Fsp3) is 0.0909. The molecule has 28 heavy (non-hydrogen) atoms. The van der Waals surface area contributed by atoms with Crippen LogP contribution in [0.5, 0.6) is 5.75 Å². The molecule has 0 saturated carbocycles. The van der Waals surface area contributed by atoms with Gasteiger partial charge < -0.3 is 21.5 Å². The number of carbonyl (C=O) groups is 1. The molecule has 3 aromatic rings. The van der Waals surface area contributed by atoms with E-state index in [1.54, 1.807) is 49.7 Å². The summed E-state index contributed by atoms with van der Waals surface area (Å²) in [6.45, 7) is 0.476. The molecule has 3 aromatic carbocycles. The molecule has 3 rings (SSSR count). The molecular weight excluding hydrogens is 352 g/mol. The number of amides is 1. The molecule has 0 aliphatic rings. The Kier molecular flexibility index (Phi) is 5.91. The van der Waals surface area contributed by atoms with E-state index in [0.29, 0.717) is 29.2 Å². The third-order valence-corrected chi connectivity index (χ3v) is 4.22.